The number of aliphatic carboxylic acids is 1. The van der Waals surface area contributed by atoms with Crippen molar-refractivity contribution >= 4 is 35.1 Å². The highest BCUT2D eigenvalue weighted by atomic mass is 35.5. The molecular weight excluding hydrogens is 295 g/mol. The van der Waals surface area contributed by atoms with Gasteiger partial charge in [-0.1, -0.05) is 23.2 Å². The van der Waals surface area contributed by atoms with Crippen molar-refractivity contribution in [3.05, 3.63) is 28.0 Å². The van der Waals surface area contributed by atoms with E-state index in [1.54, 1.807) is 0 Å². The zero-order chi connectivity index (χ0) is 14.2. The number of rotatable bonds is 2. The Bertz CT molecular complexity index is 537. The number of nitrogens with zero attached hydrogens (tertiary/aromatic N) is 2. The van der Waals surface area contributed by atoms with Gasteiger partial charge in [-0.2, -0.15) is 0 Å². The van der Waals surface area contributed by atoms with E-state index in [2.05, 4.69) is 4.98 Å². The van der Waals surface area contributed by atoms with E-state index in [1.165, 1.54) is 12.3 Å². The summed E-state index contributed by atoms with van der Waals surface area (Å²) < 4.78 is 0. The molecule has 0 bridgehead atoms. The topological polar surface area (TPSA) is 90.7 Å². The molecule has 2 atom stereocenters. The number of hydrogen-bond acceptors (Lipinski definition) is 4. The van der Waals surface area contributed by atoms with Gasteiger partial charge in [0.05, 0.1) is 16.7 Å². The minimum absolute atomic E-state index is 0.00975. The van der Waals surface area contributed by atoms with Crippen LogP contribution in [-0.2, 0) is 4.79 Å². The Kier molecular flexibility index (Phi) is 3.93. The molecule has 19 heavy (non-hydrogen) atoms. The Hall–Kier alpha value is -1.37. The molecule has 0 spiro atoms. The molecule has 1 aromatic heterocycles. The number of aliphatic hydroxyl groups excluding tert-OH is 1. The highest BCUT2D eigenvalue weighted by Crippen LogP contribution is 2.24. The summed E-state index contributed by atoms with van der Waals surface area (Å²) in [7, 11) is 0. The molecule has 2 heterocycles. The lowest BCUT2D eigenvalue weighted by Crippen LogP contribution is -2.40. The number of hydrogen-bond donors (Lipinski definition) is 2. The number of carboxylic acids is 1. The zero-order valence-electron chi connectivity index (χ0n) is 9.58. The molecule has 1 amide bonds. The standard InChI is InChI=1S/C11H10Cl2N2O4/c12-7-1-5(3-14-9(7)13)10(17)15-4-6(16)2-8(15)11(18)19/h1,3,6,8,16H,2,4H2,(H,18,19)/t6?,8-/m0/s1. The van der Waals surface area contributed by atoms with Gasteiger partial charge in [0, 0.05) is 19.2 Å². The third-order valence-corrected chi connectivity index (χ3v) is 3.55. The molecule has 1 unspecified atom stereocenters. The number of amides is 1. The van der Waals surface area contributed by atoms with E-state index in [0.29, 0.717) is 0 Å². The SMILES string of the molecule is O=C(O)[C@@H]1CC(O)CN1C(=O)c1cnc(Cl)c(Cl)c1. The van der Waals surface area contributed by atoms with Gasteiger partial charge in [0.15, 0.2) is 0 Å². The number of carboxylic acid groups (broad SMARTS) is 1. The summed E-state index contributed by atoms with van der Waals surface area (Å²) in [6, 6.07) is 0.278. The lowest BCUT2D eigenvalue weighted by atomic mass is 10.2. The first-order valence-corrected chi connectivity index (χ1v) is 6.18. The highest BCUT2D eigenvalue weighted by Gasteiger charge is 2.39. The van der Waals surface area contributed by atoms with Crippen LogP contribution in [0.4, 0.5) is 0 Å². The van der Waals surface area contributed by atoms with Crippen LogP contribution in [0.5, 0.6) is 0 Å². The van der Waals surface area contributed by atoms with Gasteiger partial charge in [-0.05, 0) is 6.07 Å². The largest absolute Gasteiger partial charge is 0.480 e. The predicted molar refractivity (Wildman–Crippen MR) is 67.3 cm³/mol. The van der Waals surface area contributed by atoms with Crippen LogP contribution in [-0.4, -0.2) is 50.7 Å². The molecule has 0 radical (unpaired) electrons. The van der Waals surface area contributed by atoms with Gasteiger partial charge in [-0.3, -0.25) is 4.79 Å². The number of β-amino-alcohol motifs (C(OH)–C–C–N with tert-alkyl or cyclic N) is 1. The number of halogens is 2. The number of aliphatic hydroxyl groups is 1. The van der Waals surface area contributed by atoms with Gasteiger partial charge in [0.25, 0.3) is 5.91 Å². The van der Waals surface area contributed by atoms with Crippen LogP contribution in [0, 0.1) is 0 Å². The lowest BCUT2D eigenvalue weighted by Gasteiger charge is -2.21. The fraction of sp³-hybridized carbons (Fsp3) is 0.364. The Morgan fingerprint density at radius 2 is 2.11 bits per heavy atom. The monoisotopic (exact) mass is 304 g/mol. The van der Waals surface area contributed by atoms with Crippen molar-refractivity contribution in [3.8, 4) is 0 Å². The Morgan fingerprint density at radius 1 is 1.42 bits per heavy atom. The lowest BCUT2D eigenvalue weighted by molar-refractivity contribution is -0.141. The van der Waals surface area contributed by atoms with Gasteiger partial charge in [-0.25, -0.2) is 9.78 Å². The van der Waals surface area contributed by atoms with E-state index in [0.717, 1.165) is 4.90 Å². The summed E-state index contributed by atoms with van der Waals surface area (Å²) in [5.74, 6) is -1.70. The second kappa shape index (κ2) is 5.32. The first-order chi connectivity index (χ1) is 8.90. The van der Waals surface area contributed by atoms with Crippen molar-refractivity contribution in [2.24, 2.45) is 0 Å². The second-order valence-electron chi connectivity index (χ2n) is 4.20. The van der Waals surface area contributed by atoms with Crippen LogP contribution in [0.3, 0.4) is 0 Å². The Labute approximate surface area is 118 Å². The van der Waals surface area contributed by atoms with E-state index in [9.17, 15) is 14.7 Å². The van der Waals surface area contributed by atoms with Gasteiger partial charge < -0.3 is 15.1 Å². The molecule has 1 saturated heterocycles. The number of carbonyl (C=O) groups is 2. The van der Waals surface area contributed by atoms with Crippen molar-refractivity contribution in [1.82, 2.24) is 9.88 Å². The van der Waals surface area contributed by atoms with Gasteiger partial charge in [-0.15, -0.1) is 0 Å². The van der Waals surface area contributed by atoms with Crippen LogP contribution in [0.1, 0.15) is 16.8 Å². The molecule has 8 heteroatoms. The molecule has 1 aliphatic rings. The molecule has 1 fully saturated rings. The molecular formula is C11H10Cl2N2O4. The highest BCUT2D eigenvalue weighted by molar-refractivity contribution is 6.41. The fourth-order valence-electron chi connectivity index (χ4n) is 1.98. The third-order valence-electron chi connectivity index (χ3n) is 2.87. The second-order valence-corrected chi connectivity index (χ2v) is 4.96. The van der Waals surface area contributed by atoms with Crippen LogP contribution in [0.2, 0.25) is 10.2 Å². The minimum atomic E-state index is -1.15. The maximum Gasteiger partial charge on any atom is 0.326 e. The quantitative estimate of drug-likeness (QED) is 0.797. The summed E-state index contributed by atoms with van der Waals surface area (Å²) >= 11 is 11.4. The summed E-state index contributed by atoms with van der Waals surface area (Å²) in [5.41, 5.74) is 0.134. The number of carbonyl (C=O) groups excluding carboxylic acids is 1. The number of pyridine rings is 1. The maximum absolute atomic E-state index is 12.2. The van der Waals surface area contributed by atoms with Crippen molar-refractivity contribution in [3.63, 3.8) is 0 Å². The van der Waals surface area contributed by atoms with Gasteiger partial charge in [0.2, 0.25) is 0 Å². The van der Waals surface area contributed by atoms with E-state index < -0.39 is 24.0 Å². The fourth-order valence-corrected chi connectivity index (χ4v) is 2.25. The van der Waals surface area contributed by atoms with Crippen molar-refractivity contribution in [2.45, 2.75) is 18.6 Å². The maximum atomic E-state index is 12.2. The van der Waals surface area contributed by atoms with E-state index in [4.69, 9.17) is 28.3 Å². The van der Waals surface area contributed by atoms with Crippen LogP contribution in [0.15, 0.2) is 12.3 Å². The summed E-state index contributed by atoms with van der Waals surface area (Å²) in [6.45, 7) is -0.0317. The Morgan fingerprint density at radius 3 is 2.68 bits per heavy atom. The number of aromatic nitrogens is 1. The van der Waals surface area contributed by atoms with Crippen LogP contribution >= 0.6 is 23.2 Å². The summed E-state index contributed by atoms with van der Waals surface area (Å²) in [6.07, 6.45) is 0.386. The van der Waals surface area contributed by atoms with E-state index in [-0.39, 0.29) is 28.7 Å². The summed E-state index contributed by atoms with van der Waals surface area (Å²) in [4.78, 5) is 28.1. The smallest absolute Gasteiger partial charge is 0.326 e. The Balaban J connectivity index is 2.27. The first kappa shape index (κ1) is 14.0. The molecule has 0 aliphatic carbocycles. The van der Waals surface area contributed by atoms with Crippen LogP contribution < -0.4 is 0 Å². The molecule has 6 nitrogen and oxygen atoms in total. The molecule has 1 aliphatic heterocycles. The predicted octanol–water partition coefficient (Wildman–Crippen LogP) is 1.05. The first-order valence-electron chi connectivity index (χ1n) is 5.43. The van der Waals surface area contributed by atoms with Crippen molar-refractivity contribution < 1.29 is 19.8 Å². The zero-order valence-corrected chi connectivity index (χ0v) is 11.1. The van der Waals surface area contributed by atoms with Gasteiger partial charge in [0.1, 0.15) is 11.2 Å². The average Bonchev–Trinajstić information content (AvgIpc) is 2.74. The minimum Gasteiger partial charge on any atom is -0.480 e. The van der Waals surface area contributed by atoms with E-state index >= 15 is 0 Å². The molecule has 102 valence electrons. The van der Waals surface area contributed by atoms with Gasteiger partial charge >= 0.3 is 5.97 Å². The molecule has 2 rings (SSSR count). The van der Waals surface area contributed by atoms with E-state index in [1.807, 2.05) is 0 Å². The molecule has 0 saturated carbocycles. The third kappa shape index (κ3) is 2.80. The molecule has 1 aromatic rings. The molecule has 2 N–H and O–H groups in total. The summed E-state index contributed by atoms with van der Waals surface area (Å²) in [5, 5.41) is 18.7. The van der Waals surface area contributed by atoms with Crippen molar-refractivity contribution in [2.75, 3.05) is 6.54 Å². The normalized spacial score (nSPS) is 22.6. The van der Waals surface area contributed by atoms with Crippen LogP contribution in [0.25, 0.3) is 0 Å². The average molecular weight is 305 g/mol. The van der Waals surface area contributed by atoms with Crippen molar-refractivity contribution in [1.29, 1.82) is 0 Å². The number of likely N-dealkylation sites (tertiary alicyclic amines) is 1. The molecule has 0 aromatic carbocycles.